The van der Waals surface area contributed by atoms with Crippen LogP contribution in [0.3, 0.4) is 0 Å². The molecule has 0 aromatic heterocycles. The molecule has 0 spiro atoms. The van der Waals surface area contributed by atoms with Crippen molar-refractivity contribution < 1.29 is 30.2 Å². The van der Waals surface area contributed by atoms with Crippen LogP contribution in [-0.2, 0) is 0 Å². The molecule has 0 atom stereocenters. The first-order chi connectivity index (χ1) is 35.4. The minimum absolute atomic E-state index is 0.0268. The monoisotopic (exact) mass is 697 g/mol. The van der Waals surface area contributed by atoms with Gasteiger partial charge in [-0.1, -0.05) is 182 Å². The average molecular weight is 698 g/mol. The summed E-state index contributed by atoms with van der Waals surface area (Å²) in [6.45, 7) is 0. The third-order valence-electron chi connectivity index (χ3n) is 8.47. The Kier molecular flexibility index (Phi) is 4.37. The molecular weight excluding hydrogens is 639 g/mol. The van der Waals surface area contributed by atoms with Crippen LogP contribution in [0.15, 0.2) is 224 Å². The zero-order valence-electron chi connectivity index (χ0n) is 49.6. The molecule has 0 unspecified atom stereocenters. The molecule has 0 heterocycles. The lowest BCUT2D eigenvalue weighted by atomic mass is 9.95. The Hall–Kier alpha value is -6.96. The van der Waals surface area contributed by atoms with E-state index in [-0.39, 0.29) is 5.69 Å². The Bertz CT molecular complexity index is 3780. The van der Waals surface area contributed by atoms with Gasteiger partial charge < -0.3 is 4.90 Å². The molecule has 0 saturated carbocycles. The van der Waals surface area contributed by atoms with Crippen molar-refractivity contribution in [3.63, 3.8) is 0 Å². The molecule has 9 rings (SSSR count). The highest BCUT2D eigenvalue weighted by Crippen LogP contribution is 2.39. The van der Waals surface area contributed by atoms with Crippen LogP contribution in [0.5, 0.6) is 0 Å². The lowest BCUT2D eigenvalue weighted by Gasteiger charge is -2.26. The van der Waals surface area contributed by atoms with Crippen LogP contribution in [0.25, 0.3) is 66.4 Å². The van der Waals surface area contributed by atoms with Crippen LogP contribution in [0.1, 0.15) is 30.2 Å². The molecule has 0 aliphatic heterocycles. The Morgan fingerprint density at radius 2 is 0.755 bits per heavy atom. The molecule has 0 N–H and O–H groups in total. The molecular formula is C52H37N. The number of fused-ring (bicyclic) bond motifs is 1. The highest BCUT2D eigenvalue weighted by atomic mass is 15.1. The third kappa shape index (κ3) is 6.65. The average Bonchev–Trinajstić information content (AvgIpc) is 3.41. The topological polar surface area (TPSA) is 3.24 Å². The standard InChI is InChI=1S/C52H37N/c1-3-11-38(12-4-1)40-21-23-41(24-22-40)43-27-33-49(34-28-43)53(48-31-25-42(26-32-48)39-13-5-2-6-14-39)50-35-29-44(30-36-50)46-17-9-18-47(37-46)52-20-10-16-45-15-7-8-19-51(45)52/h1-37H/i1D,2D,3D,4D,5D,6D,11D,12D,13D,14D,21D,22D,23D,24D,25D,26D,27D,28D,31D,32D,33D,34D. The van der Waals surface area contributed by atoms with Crippen LogP contribution in [0, 0.1) is 0 Å². The Balaban J connectivity index is 1.28. The summed E-state index contributed by atoms with van der Waals surface area (Å²) in [5, 5.41) is 2.06. The maximum atomic E-state index is 9.51. The molecule has 0 bridgehead atoms. The largest absolute Gasteiger partial charge is 0.311 e. The van der Waals surface area contributed by atoms with Crippen molar-refractivity contribution in [1.29, 1.82) is 0 Å². The van der Waals surface area contributed by atoms with Crippen molar-refractivity contribution in [3.8, 4) is 55.6 Å². The van der Waals surface area contributed by atoms with Gasteiger partial charge in [0.1, 0.15) is 0 Å². The molecule has 0 aliphatic rings. The summed E-state index contributed by atoms with van der Waals surface area (Å²) < 4.78 is 194. The molecule has 250 valence electrons. The van der Waals surface area contributed by atoms with Crippen molar-refractivity contribution in [2.24, 2.45) is 0 Å². The van der Waals surface area contributed by atoms with Crippen molar-refractivity contribution >= 4 is 27.8 Å². The van der Waals surface area contributed by atoms with E-state index in [1.807, 2.05) is 66.7 Å². The van der Waals surface area contributed by atoms with Crippen LogP contribution in [0.2, 0.25) is 0 Å². The predicted molar refractivity (Wildman–Crippen MR) is 226 cm³/mol. The summed E-state index contributed by atoms with van der Waals surface area (Å²) in [7, 11) is 0. The van der Waals surface area contributed by atoms with E-state index >= 15 is 0 Å². The minimum atomic E-state index is -0.944. The smallest absolute Gasteiger partial charge is 0.0645 e. The van der Waals surface area contributed by atoms with E-state index < -0.39 is 178 Å². The van der Waals surface area contributed by atoms with Gasteiger partial charge in [-0.25, -0.2) is 0 Å². The summed E-state index contributed by atoms with van der Waals surface area (Å²) in [5.74, 6) is 0. The fraction of sp³-hybridized carbons (Fsp3) is 0. The Morgan fingerprint density at radius 3 is 1.32 bits per heavy atom. The van der Waals surface area contributed by atoms with Crippen LogP contribution in [-0.4, -0.2) is 0 Å². The molecule has 9 aromatic rings. The normalized spacial score (nSPS) is 16.8. The molecule has 9 aromatic carbocycles. The molecule has 0 aliphatic carbocycles. The second-order valence-corrected chi connectivity index (χ2v) is 11.7. The van der Waals surface area contributed by atoms with E-state index in [1.54, 1.807) is 12.1 Å². The van der Waals surface area contributed by atoms with Gasteiger partial charge in [0.15, 0.2) is 0 Å². The fourth-order valence-electron chi connectivity index (χ4n) is 5.91. The first-order valence-corrected chi connectivity index (χ1v) is 16.4. The van der Waals surface area contributed by atoms with Crippen LogP contribution >= 0.6 is 0 Å². The number of hydrogen-bond donors (Lipinski definition) is 0. The molecule has 0 radical (unpaired) electrons. The minimum Gasteiger partial charge on any atom is -0.311 e. The zero-order valence-corrected chi connectivity index (χ0v) is 27.6. The highest BCUT2D eigenvalue weighted by Gasteiger charge is 2.14. The van der Waals surface area contributed by atoms with E-state index in [0.717, 1.165) is 32.4 Å². The summed E-state index contributed by atoms with van der Waals surface area (Å²) in [6.07, 6.45) is 0. The molecule has 1 nitrogen and oxygen atoms in total. The van der Waals surface area contributed by atoms with Gasteiger partial charge in [-0.15, -0.1) is 0 Å². The van der Waals surface area contributed by atoms with Gasteiger partial charge in [-0.05, 0) is 109 Å². The van der Waals surface area contributed by atoms with E-state index in [2.05, 4.69) is 0 Å². The quantitative estimate of drug-likeness (QED) is 0.153. The van der Waals surface area contributed by atoms with Gasteiger partial charge in [0, 0.05) is 17.1 Å². The highest BCUT2D eigenvalue weighted by molar-refractivity contribution is 5.97. The second-order valence-electron chi connectivity index (χ2n) is 11.7. The van der Waals surface area contributed by atoms with Crippen LogP contribution < -0.4 is 4.90 Å². The van der Waals surface area contributed by atoms with Gasteiger partial charge in [0.2, 0.25) is 0 Å². The van der Waals surface area contributed by atoms with Crippen molar-refractivity contribution in [3.05, 3.63) is 224 Å². The molecule has 53 heavy (non-hydrogen) atoms. The number of rotatable bonds is 8. The van der Waals surface area contributed by atoms with Crippen molar-refractivity contribution in [2.75, 3.05) is 4.90 Å². The lowest BCUT2D eigenvalue weighted by Crippen LogP contribution is -2.09. The van der Waals surface area contributed by atoms with Gasteiger partial charge in [0.05, 0.1) is 30.2 Å². The number of hydrogen-bond acceptors (Lipinski definition) is 1. The van der Waals surface area contributed by atoms with Gasteiger partial charge in [-0.2, -0.15) is 0 Å². The number of nitrogens with zero attached hydrogens (tertiary/aromatic N) is 1. The van der Waals surface area contributed by atoms with Gasteiger partial charge in [0.25, 0.3) is 0 Å². The van der Waals surface area contributed by atoms with E-state index in [4.69, 9.17) is 19.2 Å². The van der Waals surface area contributed by atoms with E-state index in [9.17, 15) is 11.0 Å². The fourth-order valence-corrected chi connectivity index (χ4v) is 5.91. The molecule has 0 saturated heterocycles. The summed E-state index contributed by atoms with van der Waals surface area (Å²) in [6, 6.07) is 8.83. The maximum absolute atomic E-state index is 9.51. The first kappa shape index (κ1) is 16.2. The summed E-state index contributed by atoms with van der Waals surface area (Å²) in [5.41, 5.74) is -2.16. The second kappa shape index (κ2) is 14.3. The SMILES string of the molecule is [2H]c1c([2H])c([2H])c(-c2c([2H])c([2H])c(-c3c([2H])c([2H])c(N(c4ccc(-c5cccc(-c6cccc7ccccc67)c5)cc4)c4c([2H])c([2H])c(-c5c([2H])c([2H])c([2H])c([2H])c5[2H])c([2H])c4[2H])c([2H])c3[2H])c([2H])c2[2H])c([2H])c1[2H]. The van der Waals surface area contributed by atoms with E-state index in [0.29, 0.717) is 5.56 Å². The van der Waals surface area contributed by atoms with Crippen LogP contribution in [0.4, 0.5) is 17.1 Å². The van der Waals surface area contributed by atoms with Gasteiger partial charge >= 0.3 is 0 Å². The van der Waals surface area contributed by atoms with Gasteiger partial charge in [-0.3, -0.25) is 0 Å². The summed E-state index contributed by atoms with van der Waals surface area (Å²) in [4.78, 5) is 0.948. The van der Waals surface area contributed by atoms with Crippen molar-refractivity contribution in [1.82, 2.24) is 0 Å². The predicted octanol–water partition coefficient (Wildman–Crippen LogP) is 14.6. The molecule has 0 amide bonds. The number of benzene rings is 9. The zero-order chi connectivity index (χ0) is 54.5. The summed E-state index contributed by atoms with van der Waals surface area (Å²) >= 11 is 0. The van der Waals surface area contributed by atoms with E-state index in [1.165, 1.54) is 12.1 Å². The third-order valence-corrected chi connectivity index (χ3v) is 8.47. The maximum Gasteiger partial charge on any atom is 0.0645 e. The molecule has 0 fully saturated rings. The number of anilines is 3. The molecule has 1 heteroatoms. The Labute approximate surface area is 342 Å². The van der Waals surface area contributed by atoms with Crippen molar-refractivity contribution in [2.45, 2.75) is 0 Å². The lowest BCUT2D eigenvalue weighted by molar-refractivity contribution is 1.28. The first-order valence-electron chi connectivity index (χ1n) is 27.4. The Morgan fingerprint density at radius 1 is 0.302 bits per heavy atom.